The summed E-state index contributed by atoms with van der Waals surface area (Å²) in [6.45, 7) is 6.19. The number of halogens is 1. The normalized spacial score (nSPS) is 29.4. The van der Waals surface area contributed by atoms with Crippen molar-refractivity contribution in [2.45, 2.75) is 118 Å². The number of nitrogens with zero attached hydrogens (tertiary/aromatic N) is 2. The zero-order valence-electron chi connectivity index (χ0n) is 31.7. The first-order valence-electron chi connectivity index (χ1n) is 19.9. The molecule has 5 N–H and O–H groups in total. The Hall–Kier alpha value is -4.45. The van der Waals surface area contributed by atoms with Gasteiger partial charge in [-0.2, -0.15) is 0 Å². The number of benzene rings is 1. The molecule has 3 aliphatic heterocycles. The van der Waals surface area contributed by atoms with Gasteiger partial charge in [0.2, 0.25) is 11.8 Å². The molecule has 2 aliphatic carbocycles. The largest absolute Gasteiger partial charge is 0.446 e. The fraction of sp³-hybridized carbons (Fsp3) is 0.658. The maximum Gasteiger partial charge on any atom is 0.410 e. The lowest BCUT2D eigenvalue weighted by Gasteiger charge is -2.30. The van der Waals surface area contributed by atoms with Crippen molar-refractivity contribution in [3.63, 3.8) is 0 Å². The van der Waals surface area contributed by atoms with Crippen molar-refractivity contribution in [1.82, 2.24) is 30.5 Å². The zero-order valence-corrected chi connectivity index (χ0v) is 32.5. The zero-order chi connectivity index (χ0) is 39.9. The van der Waals surface area contributed by atoms with E-state index in [9.17, 15) is 36.8 Å². The molecule has 2 saturated heterocycles. The summed E-state index contributed by atoms with van der Waals surface area (Å²) in [5, 5.41) is 11.7. The Balaban J connectivity index is 1.28. The molecule has 1 aromatic carbocycles. The van der Waals surface area contributed by atoms with Gasteiger partial charge in [-0.25, -0.2) is 27.1 Å². The average molecular weight is 804 g/mol. The van der Waals surface area contributed by atoms with Gasteiger partial charge in [-0.1, -0.05) is 31.8 Å². The maximum atomic E-state index is 14.5. The summed E-state index contributed by atoms with van der Waals surface area (Å²) in [4.78, 5) is 71.5. The molecule has 5 amide bonds. The van der Waals surface area contributed by atoms with E-state index in [0.717, 1.165) is 63.6 Å². The predicted octanol–water partition coefficient (Wildman–Crippen LogP) is 2.90. The molecule has 4 fully saturated rings. The molecule has 3 heterocycles. The molecular formula is C38H54FN7O9S. The standard InChI is InChI=1S/C38H54FN7O9S/c1-2-25-23-38(25)35(49)44-56(52,53)32-21-26(39)14-15-29(32)41-17-9-5-3-4-6-13-30(42-36(50)54-27-11-7-8-12-27)34(48)46-24-28(22-31(46)33(47)43-38)55-37(51)45-19-10-16-40-18-20-45/h2,14-15,21,25,27-28,30-31,40-41H,1,3-13,16-20,22-24H2,(H,42,50)(H,43,47)(H,44,49)/t25-,28-,30+,31+,38-/m1/s1. The number of carbonyl (C=O) groups is 5. The molecule has 6 rings (SSSR count). The van der Waals surface area contributed by atoms with Crippen LogP contribution in [0.3, 0.4) is 0 Å². The molecule has 5 aliphatic rings. The summed E-state index contributed by atoms with van der Waals surface area (Å²) >= 11 is 0. The highest BCUT2D eigenvalue weighted by Crippen LogP contribution is 2.45. The lowest BCUT2D eigenvalue weighted by atomic mass is 10.0. The molecule has 0 unspecified atom stereocenters. The van der Waals surface area contributed by atoms with Crippen LogP contribution in [0, 0.1) is 11.7 Å². The van der Waals surface area contributed by atoms with Crippen molar-refractivity contribution in [2.24, 2.45) is 5.92 Å². The highest BCUT2D eigenvalue weighted by Gasteiger charge is 2.61. The summed E-state index contributed by atoms with van der Waals surface area (Å²) in [5.41, 5.74) is -1.63. The van der Waals surface area contributed by atoms with Crippen molar-refractivity contribution in [2.75, 3.05) is 44.6 Å². The first kappa shape index (κ1) is 41.2. The quantitative estimate of drug-likeness (QED) is 0.280. The van der Waals surface area contributed by atoms with E-state index in [0.29, 0.717) is 45.4 Å². The number of sulfonamides is 1. The summed E-state index contributed by atoms with van der Waals surface area (Å²) in [5.74, 6) is -3.88. The van der Waals surface area contributed by atoms with Crippen LogP contribution in [0.15, 0.2) is 35.7 Å². The Morgan fingerprint density at radius 2 is 1.68 bits per heavy atom. The molecule has 1 aromatic rings. The van der Waals surface area contributed by atoms with Crippen LogP contribution >= 0.6 is 0 Å². The number of rotatable bonds is 4. The summed E-state index contributed by atoms with van der Waals surface area (Å²) < 4.78 is 55.3. The van der Waals surface area contributed by atoms with Crippen molar-refractivity contribution in [3.05, 3.63) is 36.7 Å². The topological polar surface area (TPSA) is 205 Å². The Kier molecular flexibility index (Phi) is 13.4. The second-order valence-corrected chi connectivity index (χ2v) is 17.1. The van der Waals surface area contributed by atoms with E-state index in [1.165, 1.54) is 17.0 Å². The van der Waals surface area contributed by atoms with Gasteiger partial charge in [0.05, 0.1) is 12.2 Å². The number of hydrogen-bond donors (Lipinski definition) is 5. The first-order chi connectivity index (χ1) is 26.9. The highest BCUT2D eigenvalue weighted by atomic mass is 32.2. The van der Waals surface area contributed by atoms with E-state index < -0.39 is 80.3 Å². The van der Waals surface area contributed by atoms with Crippen LogP contribution in [0.1, 0.15) is 83.5 Å². The minimum absolute atomic E-state index is 0.0110. The van der Waals surface area contributed by atoms with Gasteiger partial charge in [-0.05, 0) is 76.1 Å². The van der Waals surface area contributed by atoms with Gasteiger partial charge in [0.25, 0.3) is 15.9 Å². The first-order valence-corrected chi connectivity index (χ1v) is 21.4. The molecule has 2 saturated carbocycles. The van der Waals surface area contributed by atoms with E-state index in [2.05, 4.69) is 27.8 Å². The van der Waals surface area contributed by atoms with Crippen LogP contribution in [0.2, 0.25) is 0 Å². The van der Waals surface area contributed by atoms with Crippen LogP contribution in [-0.4, -0.2) is 117 Å². The second kappa shape index (κ2) is 18.2. The third kappa shape index (κ3) is 9.91. The fourth-order valence-corrected chi connectivity index (χ4v) is 9.34. The Morgan fingerprint density at radius 3 is 2.45 bits per heavy atom. The lowest BCUT2D eigenvalue weighted by molar-refractivity contribution is -0.141. The van der Waals surface area contributed by atoms with Gasteiger partial charge in [-0.3, -0.25) is 14.4 Å². The van der Waals surface area contributed by atoms with E-state index in [-0.39, 0.29) is 37.6 Å². The van der Waals surface area contributed by atoms with E-state index in [1.807, 2.05) is 4.72 Å². The monoisotopic (exact) mass is 803 g/mol. The number of carbonyl (C=O) groups excluding carboxylic acids is 5. The third-order valence-corrected chi connectivity index (χ3v) is 12.7. The van der Waals surface area contributed by atoms with Crippen LogP contribution in [0.4, 0.5) is 19.7 Å². The number of fused-ring (bicyclic) bond motifs is 2. The highest BCUT2D eigenvalue weighted by molar-refractivity contribution is 7.90. The number of alkyl carbamates (subject to hydrolysis) is 1. The molecule has 0 radical (unpaired) electrons. The minimum Gasteiger partial charge on any atom is -0.446 e. The van der Waals surface area contributed by atoms with Gasteiger partial charge in [-0.15, -0.1) is 6.58 Å². The van der Waals surface area contributed by atoms with Crippen LogP contribution in [0.5, 0.6) is 0 Å². The van der Waals surface area contributed by atoms with Crippen molar-refractivity contribution in [1.29, 1.82) is 0 Å². The number of nitrogens with one attached hydrogen (secondary N) is 5. The summed E-state index contributed by atoms with van der Waals surface area (Å²) in [6, 6.07) is 0.936. The van der Waals surface area contributed by atoms with Crippen LogP contribution in [-0.2, 0) is 33.9 Å². The summed E-state index contributed by atoms with van der Waals surface area (Å²) in [6.07, 6.45) is 6.66. The Morgan fingerprint density at radius 1 is 0.929 bits per heavy atom. The van der Waals surface area contributed by atoms with Crippen molar-refractivity contribution in [3.8, 4) is 0 Å². The van der Waals surface area contributed by atoms with E-state index >= 15 is 0 Å². The molecule has 1 spiro atoms. The molecule has 0 aromatic heterocycles. The fourth-order valence-electron chi connectivity index (χ4n) is 8.11. The smallest absolute Gasteiger partial charge is 0.410 e. The molecule has 0 bridgehead atoms. The van der Waals surface area contributed by atoms with Crippen LogP contribution in [0.25, 0.3) is 0 Å². The van der Waals surface area contributed by atoms with Gasteiger partial charge in [0, 0.05) is 38.5 Å². The predicted molar refractivity (Wildman–Crippen MR) is 202 cm³/mol. The molecule has 5 atom stereocenters. The van der Waals surface area contributed by atoms with Crippen molar-refractivity contribution < 1.29 is 46.3 Å². The number of anilines is 1. The third-order valence-electron chi connectivity index (χ3n) is 11.4. The Labute approximate surface area is 327 Å². The minimum atomic E-state index is -4.64. The van der Waals surface area contributed by atoms with Crippen LogP contribution < -0.4 is 26.0 Å². The van der Waals surface area contributed by atoms with Crippen molar-refractivity contribution >= 4 is 45.6 Å². The maximum absolute atomic E-state index is 14.5. The molecule has 308 valence electrons. The van der Waals surface area contributed by atoms with Gasteiger partial charge >= 0.3 is 12.2 Å². The molecule has 56 heavy (non-hydrogen) atoms. The SMILES string of the molecule is C=C[C@@H]1C[C@@]12NC(=O)[C@@H]1C[C@@H](OC(=O)N3CCCNCC3)CN1C(=O)[C@@H](NC(=O)OC1CCCC1)CCCCCCCNc1ccc(F)cc1S(=O)(=O)NC2=O. The average Bonchev–Trinajstić information content (AvgIpc) is 3.53. The number of ether oxygens (including phenoxy) is 2. The van der Waals surface area contributed by atoms with E-state index in [1.54, 1.807) is 4.90 Å². The molecular weight excluding hydrogens is 750 g/mol. The Bertz CT molecular complexity index is 1750. The lowest BCUT2D eigenvalue weighted by Crippen LogP contribution is -2.58. The van der Waals surface area contributed by atoms with Gasteiger partial charge in [0.15, 0.2) is 0 Å². The number of amides is 5. The second-order valence-electron chi connectivity index (χ2n) is 15.4. The summed E-state index contributed by atoms with van der Waals surface area (Å²) in [7, 11) is -4.64. The van der Waals surface area contributed by atoms with Gasteiger partial charge in [0.1, 0.15) is 40.5 Å². The van der Waals surface area contributed by atoms with E-state index in [4.69, 9.17) is 9.47 Å². The number of hydrogen-bond acceptors (Lipinski definition) is 11. The van der Waals surface area contributed by atoms with Gasteiger partial charge < -0.3 is 40.5 Å². The molecule has 18 heteroatoms. The molecule has 16 nitrogen and oxygen atoms in total.